The Hall–Kier alpha value is -2.29. The van der Waals surface area contributed by atoms with Gasteiger partial charge in [-0.3, -0.25) is 4.72 Å². The van der Waals surface area contributed by atoms with Crippen molar-refractivity contribution in [3.8, 4) is 0 Å². The Labute approximate surface area is 138 Å². The number of nitrogens with zero attached hydrogens (tertiary/aromatic N) is 1. The van der Waals surface area contributed by atoms with E-state index in [9.17, 15) is 21.6 Å². The topological polar surface area (TPSA) is 71.1 Å². The van der Waals surface area contributed by atoms with E-state index in [2.05, 4.69) is 15.0 Å². The molecule has 2 aromatic rings. The summed E-state index contributed by atoms with van der Waals surface area (Å²) in [4.78, 5) is 3.91. The fraction of sp³-hybridized carbons (Fsp3) is 0.267. The van der Waals surface area contributed by atoms with E-state index in [1.807, 2.05) is 6.92 Å². The van der Waals surface area contributed by atoms with Crippen LogP contribution >= 0.6 is 0 Å². The minimum absolute atomic E-state index is 0.00354. The molecule has 130 valence electrons. The number of aromatic nitrogens is 1. The lowest BCUT2D eigenvalue weighted by Gasteiger charge is -2.10. The number of rotatable bonds is 7. The zero-order valence-electron chi connectivity index (χ0n) is 12.8. The minimum Gasteiger partial charge on any atom is -0.338 e. The molecular formula is C15H16F3N3O2S. The van der Waals surface area contributed by atoms with Crippen molar-refractivity contribution in [2.45, 2.75) is 19.8 Å². The summed E-state index contributed by atoms with van der Waals surface area (Å²) in [5.74, 6) is -4.08. The Bertz CT molecular complexity index is 811. The van der Waals surface area contributed by atoms with Gasteiger partial charge in [0, 0.05) is 0 Å². The number of anilines is 3. The molecule has 9 heteroatoms. The van der Waals surface area contributed by atoms with E-state index in [1.54, 1.807) is 0 Å². The highest BCUT2D eigenvalue weighted by molar-refractivity contribution is 7.92. The molecule has 1 heterocycles. The van der Waals surface area contributed by atoms with Gasteiger partial charge in [-0.05, 0) is 30.7 Å². The van der Waals surface area contributed by atoms with Gasteiger partial charge in [0.05, 0.1) is 23.3 Å². The predicted octanol–water partition coefficient (Wildman–Crippen LogP) is 3.78. The van der Waals surface area contributed by atoms with Gasteiger partial charge in [-0.1, -0.05) is 13.3 Å². The van der Waals surface area contributed by atoms with Crippen LogP contribution in [0.2, 0.25) is 0 Å². The van der Waals surface area contributed by atoms with Crippen LogP contribution in [0.15, 0.2) is 30.5 Å². The third kappa shape index (κ3) is 4.60. The molecule has 0 saturated heterocycles. The first-order valence-electron chi connectivity index (χ1n) is 7.19. The third-order valence-corrected chi connectivity index (χ3v) is 4.47. The maximum atomic E-state index is 13.6. The zero-order chi connectivity index (χ0) is 17.7. The van der Waals surface area contributed by atoms with Crippen LogP contribution in [0.3, 0.4) is 0 Å². The minimum atomic E-state index is -3.45. The van der Waals surface area contributed by atoms with Crippen molar-refractivity contribution >= 4 is 27.2 Å². The molecule has 0 aliphatic rings. The van der Waals surface area contributed by atoms with E-state index < -0.39 is 27.5 Å². The van der Waals surface area contributed by atoms with Crippen molar-refractivity contribution in [3.05, 3.63) is 47.9 Å². The summed E-state index contributed by atoms with van der Waals surface area (Å²) in [7, 11) is -3.45. The van der Waals surface area contributed by atoms with Gasteiger partial charge in [-0.15, -0.1) is 0 Å². The molecule has 0 unspecified atom stereocenters. The molecule has 2 N–H and O–H groups in total. The van der Waals surface area contributed by atoms with Gasteiger partial charge >= 0.3 is 0 Å². The van der Waals surface area contributed by atoms with Crippen molar-refractivity contribution in [2.24, 2.45) is 0 Å². The van der Waals surface area contributed by atoms with Crippen LogP contribution in [-0.2, 0) is 10.0 Å². The quantitative estimate of drug-likeness (QED) is 0.738. The second-order valence-corrected chi connectivity index (χ2v) is 6.90. The summed E-state index contributed by atoms with van der Waals surface area (Å²) in [5.41, 5.74) is -0.0277. The van der Waals surface area contributed by atoms with E-state index >= 15 is 0 Å². The molecule has 0 radical (unpaired) electrons. The van der Waals surface area contributed by atoms with Gasteiger partial charge in [-0.2, -0.15) is 0 Å². The first kappa shape index (κ1) is 18.1. The standard InChI is InChI=1S/C15H16F3N3O2S/c1-2-3-8-24(22,23)21-10-4-7-13(19-9-10)20-12-6-5-11(16)14(17)15(12)18/h4-7,9,21H,2-3,8H2,1H3,(H,19,20). The van der Waals surface area contributed by atoms with Crippen molar-refractivity contribution in [1.29, 1.82) is 0 Å². The number of benzene rings is 1. The summed E-state index contributed by atoms with van der Waals surface area (Å²) < 4.78 is 65.5. The van der Waals surface area contributed by atoms with Crippen molar-refractivity contribution < 1.29 is 21.6 Å². The SMILES string of the molecule is CCCCS(=O)(=O)Nc1ccc(Nc2ccc(F)c(F)c2F)nc1. The molecule has 1 aromatic heterocycles. The molecule has 0 bridgehead atoms. The van der Waals surface area contributed by atoms with Crippen molar-refractivity contribution in [2.75, 3.05) is 15.8 Å². The predicted molar refractivity (Wildman–Crippen MR) is 86.2 cm³/mol. The fourth-order valence-electron chi connectivity index (χ4n) is 1.85. The van der Waals surface area contributed by atoms with E-state index in [4.69, 9.17) is 0 Å². The van der Waals surface area contributed by atoms with Crippen LogP contribution in [0.1, 0.15) is 19.8 Å². The number of hydrogen-bond donors (Lipinski definition) is 2. The van der Waals surface area contributed by atoms with Crippen LogP contribution in [0.4, 0.5) is 30.4 Å². The van der Waals surface area contributed by atoms with Crippen molar-refractivity contribution in [1.82, 2.24) is 4.98 Å². The maximum absolute atomic E-state index is 13.6. The van der Waals surface area contributed by atoms with Crippen LogP contribution in [0, 0.1) is 17.5 Å². The lowest BCUT2D eigenvalue weighted by atomic mass is 10.2. The van der Waals surface area contributed by atoms with Crippen LogP contribution in [-0.4, -0.2) is 19.2 Å². The molecule has 0 saturated carbocycles. The van der Waals surface area contributed by atoms with Crippen LogP contribution in [0.25, 0.3) is 0 Å². The highest BCUT2D eigenvalue weighted by atomic mass is 32.2. The Morgan fingerprint density at radius 1 is 1.08 bits per heavy atom. The molecule has 24 heavy (non-hydrogen) atoms. The summed E-state index contributed by atoms with van der Waals surface area (Å²) in [5, 5.41) is 2.49. The third-order valence-electron chi connectivity index (χ3n) is 3.10. The maximum Gasteiger partial charge on any atom is 0.232 e. The van der Waals surface area contributed by atoms with Gasteiger partial charge in [0.2, 0.25) is 10.0 Å². The molecule has 1 aromatic carbocycles. The fourth-order valence-corrected chi connectivity index (χ4v) is 3.10. The molecule has 0 atom stereocenters. The first-order valence-corrected chi connectivity index (χ1v) is 8.84. The number of pyridine rings is 1. The highest BCUT2D eigenvalue weighted by Gasteiger charge is 2.14. The molecule has 0 aliphatic heterocycles. The average Bonchev–Trinajstić information content (AvgIpc) is 2.55. The molecular weight excluding hydrogens is 343 g/mol. The van der Waals surface area contributed by atoms with Crippen LogP contribution in [0.5, 0.6) is 0 Å². The number of hydrogen-bond acceptors (Lipinski definition) is 4. The number of nitrogens with one attached hydrogen (secondary N) is 2. The zero-order valence-corrected chi connectivity index (χ0v) is 13.6. The van der Waals surface area contributed by atoms with Crippen LogP contribution < -0.4 is 10.0 Å². The summed E-state index contributed by atoms with van der Waals surface area (Å²) in [6.45, 7) is 1.88. The molecule has 0 fully saturated rings. The second-order valence-electron chi connectivity index (χ2n) is 5.05. The van der Waals surface area contributed by atoms with Crippen molar-refractivity contribution in [3.63, 3.8) is 0 Å². The largest absolute Gasteiger partial charge is 0.338 e. The molecule has 0 spiro atoms. The first-order chi connectivity index (χ1) is 11.3. The summed E-state index contributed by atoms with van der Waals surface area (Å²) in [6, 6.07) is 4.64. The lowest BCUT2D eigenvalue weighted by Crippen LogP contribution is -2.16. The van der Waals surface area contributed by atoms with Gasteiger partial charge < -0.3 is 5.32 Å². The Kier molecular flexibility index (Phi) is 5.66. The molecule has 5 nitrogen and oxygen atoms in total. The Balaban J connectivity index is 2.09. The number of unbranched alkanes of at least 4 members (excludes halogenated alkanes) is 1. The van der Waals surface area contributed by atoms with E-state index in [0.717, 1.165) is 18.6 Å². The average molecular weight is 359 g/mol. The second kappa shape index (κ2) is 7.52. The molecule has 0 aliphatic carbocycles. The van der Waals surface area contributed by atoms with Gasteiger partial charge in [-0.25, -0.2) is 26.6 Å². The normalized spacial score (nSPS) is 11.3. The summed E-state index contributed by atoms with van der Waals surface area (Å²) in [6.07, 6.45) is 2.53. The highest BCUT2D eigenvalue weighted by Crippen LogP contribution is 2.23. The Morgan fingerprint density at radius 3 is 2.46 bits per heavy atom. The molecule has 0 amide bonds. The number of sulfonamides is 1. The lowest BCUT2D eigenvalue weighted by molar-refractivity contribution is 0.449. The van der Waals surface area contributed by atoms with Gasteiger partial charge in [0.1, 0.15) is 5.82 Å². The van der Waals surface area contributed by atoms with E-state index in [0.29, 0.717) is 6.42 Å². The van der Waals surface area contributed by atoms with E-state index in [1.165, 1.54) is 18.3 Å². The van der Waals surface area contributed by atoms with E-state index in [-0.39, 0.29) is 22.9 Å². The number of halogens is 3. The smallest absolute Gasteiger partial charge is 0.232 e. The van der Waals surface area contributed by atoms with Gasteiger partial charge in [0.15, 0.2) is 17.5 Å². The molecule has 2 rings (SSSR count). The summed E-state index contributed by atoms with van der Waals surface area (Å²) >= 11 is 0. The monoisotopic (exact) mass is 359 g/mol. The Morgan fingerprint density at radius 2 is 1.83 bits per heavy atom. The van der Waals surface area contributed by atoms with Gasteiger partial charge in [0.25, 0.3) is 0 Å².